The molecule has 2 aromatic rings. The maximum absolute atomic E-state index is 12.5. The lowest BCUT2D eigenvalue weighted by Gasteiger charge is -2.22. The van der Waals surface area contributed by atoms with E-state index in [0.717, 1.165) is 0 Å². The van der Waals surface area contributed by atoms with E-state index in [1.807, 2.05) is 13.8 Å². The average molecular weight is 421 g/mol. The number of benzene rings is 1. The van der Waals surface area contributed by atoms with Crippen LogP contribution in [0.15, 0.2) is 29.6 Å². The number of thiophene rings is 1. The van der Waals surface area contributed by atoms with Crippen molar-refractivity contribution in [3.8, 4) is 0 Å². The number of nitrogens with one attached hydrogen (secondary N) is 3. The molecule has 0 radical (unpaired) electrons. The van der Waals surface area contributed by atoms with Gasteiger partial charge in [0.2, 0.25) is 0 Å². The van der Waals surface area contributed by atoms with Crippen molar-refractivity contribution >= 4 is 63.6 Å². The smallest absolute Gasteiger partial charge is 0.262 e. The third kappa shape index (κ3) is 5.25. The standard InChI is InChI=1S/C16H16Cl3N3O2S/c1-8(2)13(20-15(23)12-4-3-5-25-12)16(24)22-21-14-10(18)6-9(17)7-11(14)19/h3-8,13,21H,1-2H3,(H,20,23)(H,22,24). The summed E-state index contributed by atoms with van der Waals surface area (Å²) in [5, 5.41) is 5.44. The molecule has 0 bridgehead atoms. The van der Waals surface area contributed by atoms with Gasteiger partial charge in [0, 0.05) is 5.02 Å². The highest BCUT2D eigenvalue weighted by Gasteiger charge is 2.25. The summed E-state index contributed by atoms with van der Waals surface area (Å²) in [7, 11) is 0. The predicted octanol–water partition coefficient (Wildman–Crippen LogP) is 4.61. The maximum Gasteiger partial charge on any atom is 0.262 e. The van der Waals surface area contributed by atoms with E-state index in [1.165, 1.54) is 23.5 Å². The molecule has 2 amide bonds. The molecule has 0 saturated carbocycles. The van der Waals surface area contributed by atoms with Crippen LogP contribution in [0.5, 0.6) is 0 Å². The summed E-state index contributed by atoms with van der Waals surface area (Å²) in [5.74, 6) is -0.838. The molecule has 1 atom stereocenters. The molecule has 0 fully saturated rings. The van der Waals surface area contributed by atoms with Gasteiger partial charge >= 0.3 is 0 Å². The highest BCUT2D eigenvalue weighted by atomic mass is 35.5. The molecular weight excluding hydrogens is 405 g/mol. The van der Waals surface area contributed by atoms with Crippen LogP contribution in [0.1, 0.15) is 23.5 Å². The van der Waals surface area contributed by atoms with Crippen molar-refractivity contribution in [2.75, 3.05) is 5.43 Å². The Morgan fingerprint density at radius 3 is 2.28 bits per heavy atom. The van der Waals surface area contributed by atoms with Gasteiger partial charge in [0.05, 0.1) is 20.6 Å². The first-order valence-electron chi connectivity index (χ1n) is 7.34. The van der Waals surface area contributed by atoms with Gasteiger partial charge < -0.3 is 5.32 Å². The number of carbonyl (C=O) groups excluding carboxylic acids is 2. The van der Waals surface area contributed by atoms with Gasteiger partial charge in [-0.2, -0.15) is 0 Å². The van der Waals surface area contributed by atoms with Crippen molar-refractivity contribution in [1.82, 2.24) is 10.7 Å². The second-order valence-corrected chi connectivity index (χ2v) is 7.73. The minimum Gasteiger partial charge on any atom is -0.339 e. The second kappa shape index (κ2) is 8.76. The van der Waals surface area contributed by atoms with E-state index in [-0.39, 0.29) is 21.9 Å². The SMILES string of the molecule is CC(C)C(NC(=O)c1cccs1)C(=O)NNc1c(Cl)cc(Cl)cc1Cl. The Balaban J connectivity index is 2.05. The van der Waals surface area contributed by atoms with Crippen molar-refractivity contribution in [2.24, 2.45) is 5.92 Å². The van der Waals surface area contributed by atoms with Gasteiger partial charge in [0.15, 0.2) is 0 Å². The summed E-state index contributed by atoms with van der Waals surface area (Å²) in [5.41, 5.74) is 5.53. The topological polar surface area (TPSA) is 70.2 Å². The van der Waals surface area contributed by atoms with Crippen molar-refractivity contribution in [3.63, 3.8) is 0 Å². The molecule has 0 aliphatic rings. The fourth-order valence-electron chi connectivity index (χ4n) is 2.02. The molecule has 0 saturated heterocycles. The molecule has 1 unspecified atom stereocenters. The van der Waals surface area contributed by atoms with Crippen LogP contribution < -0.4 is 16.2 Å². The first kappa shape index (κ1) is 19.8. The van der Waals surface area contributed by atoms with Crippen LogP contribution in [0, 0.1) is 5.92 Å². The minimum absolute atomic E-state index is 0.123. The molecule has 0 spiro atoms. The Labute approximate surface area is 164 Å². The van der Waals surface area contributed by atoms with E-state index in [0.29, 0.717) is 15.6 Å². The quantitative estimate of drug-likeness (QED) is 0.598. The van der Waals surface area contributed by atoms with Crippen LogP contribution in [0.25, 0.3) is 0 Å². The van der Waals surface area contributed by atoms with Gasteiger partial charge in [-0.05, 0) is 29.5 Å². The van der Waals surface area contributed by atoms with Gasteiger partial charge in [-0.3, -0.25) is 20.4 Å². The summed E-state index contributed by atoms with van der Waals surface area (Å²) < 4.78 is 0. The maximum atomic E-state index is 12.5. The fourth-order valence-corrected chi connectivity index (χ4v) is 3.56. The summed E-state index contributed by atoms with van der Waals surface area (Å²) in [6.07, 6.45) is 0. The third-order valence-electron chi connectivity index (χ3n) is 3.30. The number of anilines is 1. The number of hydrogen-bond acceptors (Lipinski definition) is 4. The van der Waals surface area contributed by atoms with Crippen LogP contribution in [-0.2, 0) is 4.79 Å². The zero-order valence-electron chi connectivity index (χ0n) is 13.4. The van der Waals surface area contributed by atoms with E-state index < -0.39 is 11.9 Å². The molecule has 1 aromatic heterocycles. The molecule has 9 heteroatoms. The van der Waals surface area contributed by atoms with Crippen LogP contribution in [-0.4, -0.2) is 17.9 Å². The molecule has 5 nitrogen and oxygen atoms in total. The molecular formula is C16H16Cl3N3O2S. The molecule has 3 N–H and O–H groups in total. The molecule has 134 valence electrons. The zero-order chi connectivity index (χ0) is 18.6. The first-order chi connectivity index (χ1) is 11.8. The number of amides is 2. The highest BCUT2D eigenvalue weighted by molar-refractivity contribution is 7.12. The van der Waals surface area contributed by atoms with Crippen LogP contribution >= 0.6 is 46.1 Å². The van der Waals surface area contributed by atoms with Crippen molar-refractivity contribution in [1.29, 1.82) is 0 Å². The largest absolute Gasteiger partial charge is 0.339 e. The van der Waals surface area contributed by atoms with Crippen molar-refractivity contribution in [2.45, 2.75) is 19.9 Å². The van der Waals surface area contributed by atoms with Crippen molar-refractivity contribution in [3.05, 3.63) is 49.6 Å². The molecule has 2 rings (SSSR count). The normalized spacial score (nSPS) is 11.9. The molecule has 1 heterocycles. The Kier molecular flexibility index (Phi) is 6.95. The van der Waals surface area contributed by atoms with Crippen LogP contribution in [0.3, 0.4) is 0 Å². The third-order valence-corrected chi connectivity index (χ3v) is 4.98. The monoisotopic (exact) mass is 419 g/mol. The Hall–Kier alpha value is -1.47. The van der Waals surface area contributed by atoms with E-state index in [2.05, 4.69) is 16.2 Å². The average Bonchev–Trinajstić information content (AvgIpc) is 3.05. The predicted molar refractivity (Wildman–Crippen MR) is 104 cm³/mol. The van der Waals surface area contributed by atoms with Gasteiger partial charge in [-0.15, -0.1) is 11.3 Å². The zero-order valence-corrected chi connectivity index (χ0v) is 16.5. The first-order valence-corrected chi connectivity index (χ1v) is 9.35. The van der Waals surface area contributed by atoms with E-state index >= 15 is 0 Å². The van der Waals surface area contributed by atoms with E-state index in [4.69, 9.17) is 34.8 Å². The number of hydrazine groups is 1. The molecule has 25 heavy (non-hydrogen) atoms. The number of rotatable bonds is 6. The van der Waals surface area contributed by atoms with Gasteiger partial charge in [0.25, 0.3) is 11.8 Å². The van der Waals surface area contributed by atoms with Crippen LogP contribution in [0.4, 0.5) is 5.69 Å². The number of carbonyl (C=O) groups is 2. The Morgan fingerprint density at radius 1 is 1.12 bits per heavy atom. The fraction of sp³-hybridized carbons (Fsp3) is 0.250. The van der Waals surface area contributed by atoms with Gasteiger partial charge in [0.1, 0.15) is 6.04 Å². The lowest BCUT2D eigenvalue weighted by atomic mass is 10.0. The summed E-state index contributed by atoms with van der Waals surface area (Å²) in [6, 6.07) is 5.74. The van der Waals surface area contributed by atoms with E-state index in [9.17, 15) is 9.59 Å². The van der Waals surface area contributed by atoms with E-state index in [1.54, 1.807) is 17.5 Å². The Bertz CT molecular complexity index is 743. The number of hydrogen-bond donors (Lipinski definition) is 3. The molecule has 0 aliphatic carbocycles. The Morgan fingerprint density at radius 2 is 1.76 bits per heavy atom. The highest BCUT2D eigenvalue weighted by Crippen LogP contribution is 2.33. The lowest BCUT2D eigenvalue weighted by molar-refractivity contribution is -0.123. The summed E-state index contributed by atoms with van der Waals surface area (Å²) in [6.45, 7) is 3.67. The number of halogens is 3. The second-order valence-electron chi connectivity index (χ2n) is 5.53. The summed E-state index contributed by atoms with van der Waals surface area (Å²) in [4.78, 5) is 25.2. The molecule has 0 aliphatic heterocycles. The summed E-state index contributed by atoms with van der Waals surface area (Å²) >= 11 is 19.3. The molecule has 1 aromatic carbocycles. The van der Waals surface area contributed by atoms with Gasteiger partial charge in [-0.25, -0.2) is 0 Å². The van der Waals surface area contributed by atoms with Crippen molar-refractivity contribution < 1.29 is 9.59 Å². The van der Waals surface area contributed by atoms with Gasteiger partial charge in [-0.1, -0.05) is 54.7 Å². The van der Waals surface area contributed by atoms with Crippen LogP contribution in [0.2, 0.25) is 15.1 Å². The lowest BCUT2D eigenvalue weighted by Crippen LogP contribution is -2.51. The minimum atomic E-state index is -0.730.